The highest BCUT2D eigenvalue weighted by atomic mass is 19.1. The van der Waals surface area contributed by atoms with Gasteiger partial charge in [0.2, 0.25) is 0 Å². The second-order valence-corrected chi connectivity index (χ2v) is 4.50. The van der Waals surface area contributed by atoms with Crippen LogP contribution in [0, 0.1) is 5.82 Å². The van der Waals surface area contributed by atoms with Crippen molar-refractivity contribution >= 4 is 16.9 Å². The first-order valence-electron chi connectivity index (χ1n) is 6.01. The number of pyridine rings is 1. The van der Waals surface area contributed by atoms with Gasteiger partial charge < -0.3 is 9.67 Å². The average molecular weight is 270 g/mol. The molecule has 0 bridgehead atoms. The van der Waals surface area contributed by atoms with Crippen LogP contribution >= 0.6 is 0 Å². The number of carboxylic acid groups (broad SMARTS) is 1. The van der Waals surface area contributed by atoms with Gasteiger partial charge in [-0.1, -0.05) is 12.1 Å². The summed E-state index contributed by atoms with van der Waals surface area (Å²) in [4.78, 5) is 14.9. The van der Waals surface area contributed by atoms with Gasteiger partial charge in [0.1, 0.15) is 5.82 Å². The second-order valence-electron chi connectivity index (χ2n) is 4.50. The normalized spacial score (nSPS) is 10.9. The van der Waals surface area contributed by atoms with Gasteiger partial charge in [0.05, 0.1) is 22.5 Å². The predicted molar refractivity (Wildman–Crippen MR) is 73.1 cm³/mol. The van der Waals surface area contributed by atoms with Crippen LogP contribution in [0.2, 0.25) is 0 Å². The highest BCUT2D eigenvalue weighted by Crippen LogP contribution is 2.27. The van der Waals surface area contributed by atoms with Gasteiger partial charge in [-0.2, -0.15) is 0 Å². The zero-order valence-electron chi connectivity index (χ0n) is 10.7. The molecule has 0 aliphatic heterocycles. The van der Waals surface area contributed by atoms with E-state index in [0.29, 0.717) is 11.2 Å². The number of para-hydroxylation sites is 1. The highest BCUT2D eigenvalue weighted by Gasteiger charge is 2.12. The Balaban J connectivity index is 2.17. The lowest BCUT2D eigenvalue weighted by molar-refractivity contribution is 0.0696. The molecule has 3 rings (SSSR count). The maximum Gasteiger partial charge on any atom is 0.337 e. The molecule has 2 heterocycles. The van der Waals surface area contributed by atoms with Crippen molar-refractivity contribution in [3.05, 3.63) is 54.0 Å². The molecule has 0 unspecified atom stereocenters. The summed E-state index contributed by atoms with van der Waals surface area (Å²) in [7, 11) is 1.76. The molecule has 0 spiro atoms. The van der Waals surface area contributed by atoms with Crippen LogP contribution in [0.4, 0.5) is 4.39 Å². The van der Waals surface area contributed by atoms with Gasteiger partial charge in [-0.3, -0.25) is 4.98 Å². The number of hydrogen-bond donors (Lipinski definition) is 1. The van der Waals surface area contributed by atoms with Crippen molar-refractivity contribution in [3.8, 4) is 11.4 Å². The van der Waals surface area contributed by atoms with Gasteiger partial charge in [0.15, 0.2) is 0 Å². The maximum atomic E-state index is 13.8. The summed E-state index contributed by atoms with van der Waals surface area (Å²) in [6.07, 6.45) is 1.30. The van der Waals surface area contributed by atoms with Crippen molar-refractivity contribution in [2.45, 2.75) is 0 Å². The minimum Gasteiger partial charge on any atom is -0.478 e. The zero-order valence-corrected chi connectivity index (χ0v) is 10.7. The van der Waals surface area contributed by atoms with Gasteiger partial charge in [-0.15, -0.1) is 0 Å². The summed E-state index contributed by atoms with van der Waals surface area (Å²) in [5.74, 6) is -1.31. The van der Waals surface area contributed by atoms with E-state index in [2.05, 4.69) is 4.98 Å². The van der Waals surface area contributed by atoms with E-state index >= 15 is 0 Å². The average Bonchev–Trinajstić information content (AvgIpc) is 2.77. The number of halogens is 1. The Bertz CT molecular complexity index is 807. The van der Waals surface area contributed by atoms with E-state index in [-0.39, 0.29) is 11.4 Å². The molecule has 3 aromatic rings. The Labute approximate surface area is 114 Å². The van der Waals surface area contributed by atoms with Crippen molar-refractivity contribution in [1.29, 1.82) is 0 Å². The number of rotatable bonds is 2. The van der Waals surface area contributed by atoms with Gasteiger partial charge >= 0.3 is 5.97 Å². The topological polar surface area (TPSA) is 55.1 Å². The molecule has 4 nitrogen and oxygen atoms in total. The zero-order chi connectivity index (χ0) is 14.3. The minimum atomic E-state index is -1.02. The molecule has 0 saturated heterocycles. The van der Waals surface area contributed by atoms with Crippen LogP contribution in [0.3, 0.4) is 0 Å². The van der Waals surface area contributed by atoms with E-state index in [1.807, 2.05) is 12.1 Å². The van der Waals surface area contributed by atoms with Crippen molar-refractivity contribution < 1.29 is 14.3 Å². The van der Waals surface area contributed by atoms with Crippen LogP contribution in [0.1, 0.15) is 10.4 Å². The maximum absolute atomic E-state index is 13.8. The fourth-order valence-corrected chi connectivity index (χ4v) is 2.28. The first-order valence-corrected chi connectivity index (χ1v) is 6.01. The van der Waals surface area contributed by atoms with Crippen molar-refractivity contribution in [2.24, 2.45) is 7.05 Å². The molecule has 0 fully saturated rings. The first-order chi connectivity index (χ1) is 9.58. The number of aromatic carboxylic acids is 1. The second kappa shape index (κ2) is 4.45. The van der Waals surface area contributed by atoms with Gasteiger partial charge in [0, 0.05) is 18.6 Å². The molecule has 100 valence electrons. The van der Waals surface area contributed by atoms with E-state index in [1.54, 1.807) is 23.7 Å². The van der Waals surface area contributed by atoms with Crippen LogP contribution in [-0.2, 0) is 7.05 Å². The predicted octanol–water partition coefficient (Wildman–Crippen LogP) is 3.08. The van der Waals surface area contributed by atoms with E-state index < -0.39 is 5.97 Å². The third-order valence-electron chi connectivity index (χ3n) is 3.28. The molecular weight excluding hydrogens is 259 g/mol. The van der Waals surface area contributed by atoms with Crippen LogP contribution in [-0.4, -0.2) is 20.6 Å². The summed E-state index contributed by atoms with van der Waals surface area (Å²) in [5.41, 5.74) is 1.97. The number of carboxylic acids is 1. The molecular formula is C15H11FN2O2. The Morgan fingerprint density at radius 3 is 2.70 bits per heavy atom. The summed E-state index contributed by atoms with van der Waals surface area (Å²) in [5, 5.41) is 9.64. The van der Waals surface area contributed by atoms with Gasteiger partial charge in [0.25, 0.3) is 0 Å². The molecule has 1 aromatic carbocycles. The first kappa shape index (κ1) is 12.3. The van der Waals surface area contributed by atoms with Gasteiger partial charge in [-0.25, -0.2) is 9.18 Å². The third-order valence-corrected chi connectivity index (χ3v) is 3.28. The largest absolute Gasteiger partial charge is 0.478 e. The molecule has 0 amide bonds. The lowest BCUT2D eigenvalue weighted by Gasteiger charge is -2.04. The number of hydrogen-bond acceptors (Lipinski definition) is 2. The van der Waals surface area contributed by atoms with Crippen molar-refractivity contribution in [3.63, 3.8) is 0 Å². The molecule has 0 aliphatic carbocycles. The fourth-order valence-electron chi connectivity index (χ4n) is 2.28. The summed E-state index contributed by atoms with van der Waals surface area (Å²) >= 11 is 0. The SMILES string of the molecule is Cn1c(-c2ccc(C(=O)O)cn2)cc2cccc(F)c21. The van der Waals surface area contributed by atoms with E-state index in [4.69, 9.17) is 5.11 Å². The Morgan fingerprint density at radius 2 is 2.10 bits per heavy atom. The number of aryl methyl sites for hydroxylation is 1. The minimum absolute atomic E-state index is 0.124. The number of aromatic nitrogens is 2. The van der Waals surface area contributed by atoms with Crippen molar-refractivity contribution in [2.75, 3.05) is 0 Å². The van der Waals surface area contributed by atoms with E-state index in [9.17, 15) is 9.18 Å². The molecule has 0 radical (unpaired) electrons. The lowest BCUT2D eigenvalue weighted by Crippen LogP contribution is -1.99. The quantitative estimate of drug-likeness (QED) is 0.778. The Morgan fingerprint density at radius 1 is 1.30 bits per heavy atom. The molecule has 1 N–H and O–H groups in total. The molecule has 20 heavy (non-hydrogen) atoms. The fraction of sp³-hybridized carbons (Fsp3) is 0.0667. The number of carbonyl (C=O) groups is 1. The standard InChI is InChI=1S/C15H11FN2O2/c1-18-13(7-9-3-2-4-11(16)14(9)18)12-6-5-10(8-17-12)15(19)20/h2-8H,1H3,(H,19,20). The summed E-state index contributed by atoms with van der Waals surface area (Å²) in [6, 6.07) is 9.83. The monoisotopic (exact) mass is 270 g/mol. The van der Waals surface area contributed by atoms with Crippen LogP contribution in [0.5, 0.6) is 0 Å². The molecule has 0 saturated carbocycles. The lowest BCUT2D eigenvalue weighted by atomic mass is 10.2. The summed E-state index contributed by atoms with van der Waals surface area (Å²) < 4.78 is 15.5. The Kier molecular flexibility index (Phi) is 2.75. The van der Waals surface area contributed by atoms with Gasteiger partial charge in [-0.05, 0) is 24.3 Å². The Hall–Kier alpha value is -2.69. The van der Waals surface area contributed by atoms with Crippen molar-refractivity contribution in [1.82, 2.24) is 9.55 Å². The van der Waals surface area contributed by atoms with Crippen LogP contribution < -0.4 is 0 Å². The molecule has 2 aromatic heterocycles. The number of benzene rings is 1. The smallest absolute Gasteiger partial charge is 0.337 e. The van der Waals surface area contributed by atoms with E-state index in [1.165, 1.54) is 18.3 Å². The van der Waals surface area contributed by atoms with Crippen LogP contribution in [0.25, 0.3) is 22.3 Å². The molecule has 5 heteroatoms. The highest BCUT2D eigenvalue weighted by molar-refractivity contribution is 5.89. The third kappa shape index (κ3) is 1.84. The molecule has 0 aliphatic rings. The van der Waals surface area contributed by atoms with Crippen LogP contribution in [0.15, 0.2) is 42.6 Å². The number of nitrogens with zero attached hydrogens (tertiary/aromatic N) is 2. The number of fused-ring (bicyclic) bond motifs is 1. The summed E-state index contributed by atoms with van der Waals surface area (Å²) in [6.45, 7) is 0. The van der Waals surface area contributed by atoms with E-state index in [0.717, 1.165) is 11.1 Å². The molecule has 0 atom stereocenters.